The zero-order chi connectivity index (χ0) is 30.2. The lowest BCUT2D eigenvalue weighted by molar-refractivity contribution is -0.137. The number of aryl methyl sites for hydroxylation is 1. The van der Waals surface area contributed by atoms with Gasteiger partial charge in [-0.1, -0.05) is 58.0 Å². The summed E-state index contributed by atoms with van der Waals surface area (Å²) in [6.45, 7) is 10.9. The number of pyridine rings is 2. The Bertz CT molecular complexity index is 1560. The third-order valence-corrected chi connectivity index (χ3v) is 13.5. The lowest BCUT2D eigenvalue weighted by atomic mass is 9.99. The van der Waals surface area contributed by atoms with E-state index in [1.165, 1.54) is 6.07 Å². The summed E-state index contributed by atoms with van der Waals surface area (Å²) in [6.07, 6.45) is -3.21. The lowest BCUT2D eigenvalue weighted by Gasteiger charge is -2.36. The lowest BCUT2D eigenvalue weighted by Crippen LogP contribution is -2.53. The van der Waals surface area contributed by atoms with Crippen molar-refractivity contribution in [2.45, 2.75) is 58.0 Å². The fourth-order valence-corrected chi connectivity index (χ4v) is 11.1. The van der Waals surface area contributed by atoms with Crippen molar-refractivity contribution in [2.24, 2.45) is 0 Å². The highest BCUT2D eigenvalue weighted by molar-refractivity contribution is 6.90. The van der Waals surface area contributed by atoms with E-state index in [1.54, 1.807) is 25.4 Å². The molecular weight excluding hydrogens is 557 g/mol. The molecule has 4 aromatic rings. The second kappa shape index (κ2) is 11.5. The van der Waals surface area contributed by atoms with Gasteiger partial charge in [-0.25, -0.2) is 9.97 Å². The van der Waals surface area contributed by atoms with Crippen molar-refractivity contribution in [1.82, 2.24) is 9.97 Å². The molecule has 0 spiro atoms. The van der Waals surface area contributed by atoms with Crippen molar-refractivity contribution in [3.8, 4) is 34.1 Å². The maximum absolute atomic E-state index is 13.4. The molecule has 0 bridgehead atoms. The minimum Gasteiger partial charge on any atom is -0.491 e. The maximum atomic E-state index is 13.4. The Kier molecular flexibility index (Phi) is 8.18. The highest BCUT2D eigenvalue weighted by atomic mass is 28.4. The Balaban J connectivity index is 1.69. The zero-order valence-electron chi connectivity index (χ0n) is 24.6. The minimum absolute atomic E-state index is 0.0695. The summed E-state index contributed by atoms with van der Waals surface area (Å²) in [6, 6.07) is 18.9. The standard InChI is InChI=1S/C33H35F3N2O3Si/c1-20(2)42(21(3)4)32-27(29(41-42)19-40-25-12-9-11-24(16-25)33(34,35)36)17-28(23-14-15-30(39-6)37-18-23)38-31(32)26-13-8-7-10-22(26)5/h7-18,20-21,29H,19H2,1-6H3/t29-/m1/s1. The summed E-state index contributed by atoms with van der Waals surface area (Å²) in [7, 11) is -1.13. The van der Waals surface area contributed by atoms with Gasteiger partial charge in [0.25, 0.3) is 0 Å². The van der Waals surface area contributed by atoms with Gasteiger partial charge in [-0.05, 0) is 59.5 Å². The normalized spacial score (nSPS) is 16.1. The first-order valence-electron chi connectivity index (χ1n) is 14.1. The molecule has 0 radical (unpaired) electrons. The molecule has 0 unspecified atom stereocenters. The third kappa shape index (κ3) is 5.43. The van der Waals surface area contributed by atoms with Crippen molar-refractivity contribution < 1.29 is 27.1 Å². The van der Waals surface area contributed by atoms with Gasteiger partial charge in [-0.3, -0.25) is 0 Å². The number of rotatable bonds is 8. The predicted octanol–water partition coefficient (Wildman–Crippen LogP) is 8.27. The van der Waals surface area contributed by atoms with Crippen LogP contribution in [0.3, 0.4) is 0 Å². The third-order valence-electron chi connectivity index (χ3n) is 8.04. The van der Waals surface area contributed by atoms with Crippen LogP contribution in [-0.4, -0.2) is 32.0 Å². The Labute approximate surface area is 245 Å². The Morgan fingerprint density at radius 3 is 2.31 bits per heavy atom. The van der Waals surface area contributed by atoms with Crippen molar-refractivity contribution in [3.63, 3.8) is 0 Å². The number of ether oxygens (including phenoxy) is 2. The Morgan fingerprint density at radius 1 is 0.952 bits per heavy atom. The van der Waals surface area contributed by atoms with Gasteiger partial charge >= 0.3 is 6.18 Å². The molecule has 5 nitrogen and oxygen atoms in total. The molecular formula is C33H35F3N2O3Si. The maximum Gasteiger partial charge on any atom is 0.416 e. The van der Waals surface area contributed by atoms with Gasteiger partial charge in [0.05, 0.1) is 24.1 Å². The van der Waals surface area contributed by atoms with Gasteiger partial charge in [0.15, 0.2) is 0 Å². The number of hydrogen-bond acceptors (Lipinski definition) is 5. The fourth-order valence-electron chi connectivity index (χ4n) is 6.00. The van der Waals surface area contributed by atoms with Gasteiger partial charge in [-0.15, -0.1) is 0 Å². The first-order chi connectivity index (χ1) is 20.0. The smallest absolute Gasteiger partial charge is 0.416 e. The molecule has 0 aliphatic carbocycles. The molecule has 0 saturated carbocycles. The van der Waals surface area contributed by atoms with Crippen LogP contribution in [0.4, 0.5) is 13.2 Å². The largest absolute Gasteiger partial charge is 0.491 e. The van der Waals surface area contributed by atoms with Gasteiger partial charge in [-0.2, -0.15) is 13.2 Å². The summed E-state index contributed by atoms with van der Waals surface area (Å²) in [5.74, 6) is 0.650. The minimum atomic E-state index is -4.46. The van der Waals surface area contributed by atoms with E-state index in [9.17, 15) is 13.2 Å². The molecule has 5 rings (SSSR count). The Morgan fingerprint density at radius 2 is 1.69 bits per heavy atom. The van der Waals surface area contributed by atoms with Crippen LogP contribution < -0.4 is 14.7 Å². The molecule has 2 aromatic heterocycles. The van der Waals surface area contributed by atoms with E-state index in [1.807, 2.05) is 24.3 Å². The molecule has 3 heterocycles. The molecule has 9 heteroatoms. The zero-order valence-corrected chi connectivity index (χ0v) is 25.6. The summed E-state index contributed by atoms with van der Waals surface area (Å²) in [5.41, 5.74) is 5.17. The average molecular weight is 593 g/mol. The monoisotopic (exact) mass is 592 g/mol. The number of nitrogens with zero attached hydrogens (tertiary/aromatic N) is 2. The highest BCUT2D eigenvalue weighted by Crippen LogP contribution is 2.46. The van der Waals surface area contributed by atoms with Crippen LogP contribution in [0.5, 0.6) is 11.6 Å². The van der Waals surface area contributed by atoms with Gasteiger partial charge < -0.3 is 13.9 Å². The number of benzene rings is 2. The first kappa shape index (κ1) is 29.8. The number of hydrogen-bond donors (Lipinski definition) is 0. The SMILES string of the molecule is COc1ccc(-c2cc3c(c(-c4ccccc4C)n2)[Si](C(C)C)(C(C)C)O[C@@H]3COc2cccc(C(F)(F)F)c2)cn1. The molecule has 0 N–H and O–H groups in total. The van der Waals surface area contributed by atoms with E-state index in [0.29, 0.717) is 5.88 Å². The molecule has 1 aliphatic heterocycles. The molecule has 1 atom stereocenters. The molecule has 2 aromatic carbocycles. The number of halogens is 3. The molecule has 220 valence electrons. The number of alkyl halides is 3. The first-order valence-corrected chi connectivity index (χ1v) is 16.1. The number of fused-ring (bicyclic) bond motifs is 1. The van der Waals surface area contributed by atoms with Crippen molar-refractivity contribution in [2.75, 3.05) is 13.7 Å². The van der Waals surface area contributed by atoms with Gasteiger partial charge in [0.1, 0.15) is 18.5 Å². The molecule has 1 aliphatic rings. The number of aromatic nitrogens is 2. The quantitative estimate of drug-likeness (QED) is 0.193. The van der Waals surface area contributed by atoms with Crippen LogP contribution in [0, 0.1) is 6.92 Å². The molecule has 0 amide bonds. The van der Waals surface area contributed by atoms with E-state index in [-0.39, 0.29) is 23.4 Å². The second-order valence-electron chi connectivity index (χ2n) is 11.3. The topological polar surface area (TPSA) is 53.5 Å². The van der Waals surface area contributed by atoms with E-state index in [2.05, 4.69) is 51.7 Å². The van der Waals surface area contributed by atoms with Crippen LogP contribution in [0.15, 0.2) is 72.9 Å². The molecule has 0 saturated heterocycles. The van der Waals surface area contributed by atoms with E-state index < -0.39 is 26.2 Å². The fraction of sp³-hybridized carbons (Fsp3) is 0.333. The van der Waals surface area contributed by atoms with Crippen molar-refractivity contribution in [1.29, 1.82) is 0 Å². The Hall–Kier alpha value is -3.69. The summed E-state index contributed by atoms with van der Waals surface area (Å²) >= 11 is 0. The summed E-state index contributed by atoms with van der Waals surface area (Å²) in [4.78, 5) is 9.65. The predicted molar refractivity (Wildman–Crippen MR) is 161 cm³/mol. The molecule has 0 fully saturated rings. The van der Waals surface area contributed by atoms with Crippen molar-refractivity contribution >= 4 is 13.5 Å². The second-order valence-corrected chi connectivity index (χ2v) is 15.9. The van der Waals surface area contributed by atoms with Crippen molar-refractivity contribution in [3.05, 3.63) is 89.6 Å². The number of methoxy groups -OCH3 is 1. The van der Waals surface area contributed by atoms with Crippen LogP contribution in [0.2, 0.25) is 11.1 Å². The van der Waals surface area contributed by atoms with Crippen LogP contribution >= 0.6 is 0 Å². The molecule has 42 heavy (non-hydrogen) atoms. The van der Waals surface area contributed by atoms with E-state index in [4.69, 9.17) is 18.9 Å². The van der Waals surface area contributed by atoms with Crippen LogP contribution in [-0.2, 0) is 10.6 Å². The van der Waals surface area contributed by atoms with Crippen LogP contribution in [0.1, 0.15) is 50.5 Å². The average Bonchev–Trinajstić information content (AvgIpc) is 3.31. The van der Waals surface area contributed by atoms with E-state index in [0.717, 1.165) is 51.0 Å². The van der Waals surface area contributed by atoms with E-state index >= 15 is 0 Å². The van der Waals surface area contributed by atoms with Crippen LogP contribution in [0.25, 0.3) is 22.5 Å². The highest BCUT2D eigenvalue weighted by Gasteiger charge is 2.54. The summed E-state index contributed by atoms with van der Waals surface area (Å²) < 4.78 is 58.5. The van der Waals surface area contributed by atoms with Gasteiger partial charge in [0, 0.05) is 28.6 Å². The summed E-state index contributed by atoms with van der Waals surface area (Å²) in [5, 5.41) is 1.13. The van der Waals surface area contributed by atoms with Gasteiger partial charge in [0.2, 0.25) is 14.2 Å².